The van der Waals surface area contributed by atoms with E-state index in [1.807, 2.05) is 13.0 Å². The molecule has 1 unspecified atom stereocenters. The Balaban J connectivity index is 2.76. The fourth-order valence-corrected chi connectivity index (χ4v) is 2.21. The largest absolute Gasteiger partial charge is 0.479 e. The summed E-state index contributed by atoms with van der Waals surface area (Å²) in [6, 6.07) is 2.43. The van der Waals surface area contributed by atoms with Crippen LogP contribution in [0.15, 0.2) is 12.1 Å². The van der Waals surface area contributed by atoms with Gasteiger partial charge in [-0.15, -0.1) is 11.3 Å². The first-order chi connectivity index (χ1) is 8.19. The Kier molecular flexibility index (Phi) is 4.34. The highest BCUT2D eigenvalue weighted by Crippen LogP contribution is 2.23. The molecule has 0 radical (unpaired) electrons. The molecule has 100 valence electrons. The van der Waals surface area contributed by atoms with E-state index in [0.717, 1.165) is 4.88 Å². The SMILES string of the molecule is Cc1ccc(C(NC(=O)OC(C)(C)C)C(=O)O)s1. The lowest BCUT2D eigenvalue weighted by Crippen LogP contribution is -2.37. The Hall–Kier alpha value is -1.56. The minimum Gasteiger partial charge on any atom is -0.479 e. The first-order valence-electron chi connectivity index (χ1n) is 5.48. The van der Waals surface area contributed by atoms with E-state index in [1.165, 1.54) is 11.3 Å². The number of carboxylic acid groups (broad SMARTS) is 1. The van der Waals surface area contributed by atoms with Crippen molar-refractivity contribution in [2.24, 2.45) is 0 Å². The third-order valence-corrected chi connectivity index (χ3v) is 3.02. The molecule has 1 atom stereocenters. The van der Waals surface area contributed by atoms with Crippen molar-refractivity contribution in [3.05, 3.63) is 21.9 Å². The summed E-state index contributed by atoms with van der Waals surface area (Å²) in [4.78, 5) is 24.3. The van der Waals surface area contributed by atoms with Gasteiger partial charge in [0.05, 0.1) is 0 Å². The lowest BCUT2D eigenvalue weighted by Gasteiger charge is -2.21. The number of rotatable bonds is 3. The number of aryl methyl sites for hydroxylation is 1. The number of thiophene rings is 1. The van der Waals surface area contributed by atoms with Gasteiger partial charge >= 0.3 is 12.1 Å². The summed E-state index contributed by atoms with van der Waals surface area (Å²) in [7, 11) is 0. The van der Waals surface area contributed by atoms with Gasteiger partial charge in [0, 0.05) is 9.75 Å². The quantitative estimate of drug-likeness (QED) is 0.886. The molecule has 5 nitrogen and oxygen atoms in total. The summed E-state index contributed by atoms with van der Waals surface area (Å²) in [6.07, 6.45) is -0.735. The van der Waals surface area contributed by atoms with Crippen molar-refractivity contribution in [3.63, 3.8) is 0 Å². The van der Waals surface area contributed by atoms with Crippen molar-refractivity contribution >= 4 is 23.4 Å². The maximum atomic E-state index is 11.6. The van der Waals surface area contributed by atoms with Crippen LogP contribution >= 0.6 is 11.3 Å². The number of aliphatic carboxylic acids is 1. The average Bonchev–Trinajstić information content (AvgIpc) is 2.57. The topological polar surface area (TPSA) is 75.6 Å². The number of carbonyl (C=O) groups is 2. The first kappa shape index (κ1) is 14.5. The Bertz CT molecular complexity index is 447. The number of amides is 1. The molecule has 1 rings (SSSR count). The van der Waals surface area contributed by atoms with Crippen LogP contribution in [-0.2, 0) is 9.53 Å². The van der Waals surface area contributed by atoms with Crippen LogP contribution in [0, 0.1) is 6.92 Å². The van der Waals surface area contributed by atoms with Gasteiger partial charge in [0.1, 0.15) is 5.60 Å². The van der Waals surface area contributed by atoms with Gasteiger partial charge < -0.3 is 15.2 Å². The van der Waals surface area contributed by atoms with Gasteiger partial charge in [-0.3, -0.25) is 0 Å². The summed E-state index contributed by atoms with van der Waals surface area (Å²) < 4.78 is 5.04. The average molecular weight is 271 g/mol. The molecule has 6 heteroatoms. The predicted octanol–water partition coefficient (Wildman–Crippen LogP) is 2.71. The van der Waals surface area contributed by atoms with Crippen molar-refractivity contribution in [1.82, 2.24) is 5.32 Å². The number of nitrogens with one attached hydrogen (secondary N) is 1. The summed E-state index contributed by atoms with van der Waals surface area (Å²) in [6.45, 7) is 7.04. The number of carbonyl (C=O) groups excluding carboxylic acids is 1. The number of hydrogen-bond acceptors (Lipinski definition) is 4. The zero-order chi connectivity index (χ0) is 13.9. The van der Waals surface area contributed by atoms with E-state index in [0.29, 0.717) is 4.88 Å². The van der Waals surface area contributed by atoms with E-state index in [-0.39, 0.29) is 0 Å². The van der Waals surface area contributed by atoms with Crippen LogP contribution in [0.4, 0.5) is 4.79 Å². The van der Waals surface area contributed by atoms with Gasteiger partial charge in [-0.25, -0.2) is 9.59 Å². The van der Waals surface area contributed by atoms with Crippen LogP contribution in [0.1, 0.15) is 36.6 Å². The van der Waals surface area contributed by atoms with Crippen LogP contribution in [-0.4, -0.2) is 22.8 Å². The lowest BCUT2D eigenvalue weighted by atomic mass is 10.2. The molecule has 0 bridgehead atoms. The predicted molar refractivity (Wildman–Crippen MR) is 68.8 cm³/mol. The van der Waals surface area contributed by atoms with Crippen LogP contribution in [0.5, 0.6) is 0 Å². The minimum atomic E-state index is -1.11. The highest BCUT2D eigenvalue weighted by molar-refractivity contribution is 7.12. The van der Waals surface area contributed by atoms with Crippen molar-refractivity contribution in [1.29, 1.82) is 0 Å². The molecule has 1 heterocycles. The van der Waals surface area contributed by atoms with E-state index in [2.05, 4.69) is 5.32 Å². The van der Waals surface area contributed by atoms with E-state index >= 15 is 0 Å². The molecule has 2 N–H and O–H groups in total. The molecule has 0 aliphatic carbocycles. The zero-order valence-electron chi connectivity index (χ0n) is 10.8. The fourth-order valence-electron chi connectivity index (χ4n) is 1.29. The van der Waals surface area contributed by atoms with Crippen LogP contribution in [0.3, 0.4) is 0 Å². The highest BCUT2D eigenvalue weighted by atomic mass is 32.1. The summed E-state index contributed by atoms with van der Waals surface area (Å²) in [5.74, 6) is -1.11. The summed E-state index contributed by atoms with van der Waals surface area (Å²) in [5.41, 5.74) is -0.654. The molecule has 1 aromatic heterocycles. The van der Waals surface area contributed by atoms with Gasteiger partial charge in [-0.05, 0) is 39.8 Å². The Morgan fingerprint density at radius 3 is 2.39 bits per heavy atom. The number of alkyl carbamates (subject to hydrolysis) is 1. The summed E-state index contributed by atoms with van der Waals surface area (Å²) >= 11 is 1.33. The normalized spacial score (nSPS) is 12.9. The molecule has 0 fully saturated rings. The molecule has 0 aliphatic rings. The molecule has 1 aromatic rings. The van der Waals surface area contributed by atoms with Crippen LogP contribution in [0.25, 0.3) is 0 Å². The van der Waals surface area contributed by atoms with Crippen molar-refractivity contribution in [2.75, 3.05) is 0 Å². The lowest BCUT2D eigenvalue weighted by molar-refractivity contribution is -0.139. The van der Waals surface area contributed by atoms with E-state index in [4.69, 9.17) is 9.84 Å². The first-order valence-corrected chi connectivity index (χ1v) is 6.29. The minimum absolute atomic E-state index is 0.575. The van der Waals surface area contributed by atoms with E-state index in [9.17, 15) is 9.59 Å². The molecule has 0 aromatic carbocycles. The Labute approximate surface area is 110 Å². The summed E-state index contributed by atoms with van der Waals surface area (Å²) in [5, 5.41) is 11.5. The molecule has 18 heavy (non-hydrogen) atoms. The van der Waals surface area contributed by atoms with Gasteiger partial charge in [-0.1, -0.05) is 0 Å². The monoisotopic (exact) mass is 271 g/mol. The fraction of sp³-hybridized carbons (Fsp3) is 0.500. The van der Waals surface area contributed by atoms with Gasteiger partial charge in [-0.2, -0.15) is 0 Å². The molecule has 1 amide bonds. The smallest absolute Gasteiger partial charge is 0.408 e. The van der Waals surface area contributed by atoms with Crippen LogP contribution < -0.4 is 5.32 Å². The molecule has 0 spiro atoms. The second-order valence-corrected chi connectivity index (χ2v) is 6.19. The van der Waals surface area contributed by atoms with Crippen molar-refractivity contribution in [3.8, 4) is 0 Å². The Morgan fingerprint density at radius 1 is 1.39 bits per heavy atom. The molecular formula is C12H17NO4S. The van der Waals surface area contributed by atoms with Gasteiger partial charge in [0.25, 0.3) is 0 Å². The van der Waals surface area contributed by atoms with Crippen molar-refractivity contribution in [2.45, 2.75) is 39.3 Å². The maximum absolute atomic E-state index is 11.6. The molecular weight excluding hydrogens is 254 g/mol. The molecule has 0 aliphatic heterocycles. The third-order valence-electron chi connectivity index (χ3n) is 1.95. The van der Waals surface area contributed by atoms with E-state index < -0.39 is 23.7 Å². The highest BCUT2D eigenvalue weighted by Gasteiger charge is 2.26. The van der Waals surface area contributed by atoms with Gasteiger partial charge in [0.2, 0.25) is 0 Å². The second-order valence-electron chi connectivity index (χ2n) is 4.87. The number of carboxylic acids is 1. The second kappa shape index (κ2) is 5.39. The van der Waals surface area contributed by atoms with Gasteiger partial charge in [0.15, 0.2) is 6.04 Å². The Morgan fingerprint density at radius 2 is 2.00 bits per heavy atom. The van der Waals surface area contributed by atoms with E-state index in [1.54, 1.807) is 26.8 Å². The standard InChI is InChI=1S/C12H17NO4S/c1-7-5-6-8(18-7)9(10(14)15)13-11(16)17-12(2,3)4/h5-6,9H,1-4H3,(H,13,16)(H,14,15). The zero-order valence-corrected chi connectivity index (χ0v) is 11.6. The van der Waals surface area contributed by atoms with Crippen molar-refractivity contribution < 1.29 is 19.4 Å². The number of hydrogen-bond donors (Lipinski definition) is 2. The third kappa shape index (κ3) is 4.37. The molecule has 0 saturated carbocycles. The maximum Gasteiger partial charge on any atom is 0.408 e. The molecule has 0 saturated heterocycles. The number of ether oxygens (including phenoxy) is 1. The van der Waals surface area contributed by atoms with Crippen LogP contribution in [0.2, 0.25) is 0 Å².